The van der Waals surface area contributed by atoms with Gasteiger partial charge in [-0.05, 0) is 182 Å². The van der Waals surface area contributed by atoms with E-state index < -0.39 is 35.7 Å². The molecule has 0 bridgehead atoms. The van der Waals surface area contributed by atoms with Crippen LogP contribution >= 0.6 is 11.3 Å². The van der Waals surface area contributed by atoms with Gasteiger partial charge in [0.25, 0.3) is 0 Å². The Labute approximate surface area is 464 Å². The number of benzene rings is 4. The molecule has 1 heterocycles. The highest BCUT2D eigenvalue weighted by Gasteiger charge is 2.34. The monoisotopic (exact) mass is 1100 g/mol. The Morgan fingerprint density at radius 2 is 0.924 bits per heavy atom. The summed E-state index contributed by atoms with van der Waals surface area (Å²) in [5.41, 5.74) is 1.37. The third-order valence-electron chi connectivity index (χ3n) is 13.8. The summed E-state index contributed by atoms with van der Waals surface area (Å²) >= 11 is 1.47. The van der Waals surface area contributed by atoms with Crippen LogP contribution in [0, 0.1) is 23.7 Å². The average Bonchev–Trinajstić information content (AvgIpc) is 3.82. The van der Waals surface area contributed by atoms with Crippen LogP contribution in [-0.4, -0.2) is 73.0 Å². The van der Waals surface area contributed by atoms with Crippen LogP contribution in [0.4, 0.5) is 0 Å². The SMILES string of the molecule is C=CC(=O)OCCCCCCOc1ccc(OC(=O)C2CCC(C(=O)Oc3ccc(OC(=O)C4CCC(C(=O)Oc5ccc(OCCCCCCOC(=O)C=C)cc5)CC4)c(/C=N/N=c4/sc5ccccc5n4C)c3)CC2)cc1. The summed E-state index contributed by atoms with van der Waals surface area (Å²) in [6, 6.07) is 26.4. The van der Waals surface area contributed by atoms with Crippen LogP contribution in [0.3, 0.4) is 0 Å². The summed E-state index contributed by atoms with van der Waals surface area (Å²) < 4.78 is 47.9. The molecule has 7 rings (SSSR count). The number of fused-ring (bicyclic) bond motifs is 1. The molecule has 0 spiro atoms. The Hall–Kier alpha value is -7.86. The second-order valence-electron chi connectivity index (χ2n) is 19.4. The predicted octanol–water partition coefficient (Wildman–Crippen LogP) is 11.1. The molecular formula is C61H69N3O14S. The van der Waals surface area contributed by atoms with E-state index in [1.807, 2.05) is 35.9 Å². The molecule has 2 fully saturated rings. The molecule has 2 saturated carbocycles. The fourth-order valence-electron chi connectivity index (χ4n) is 9.19. The minimum absolute atomic E-state index is 0.206. The number of esters is 6. The van der Waals surface area contributed by atoms with Crippen LogP contribution in [0.25, 0.3) is 10.2 Å². The van der Waals surface area contributed by atoms with Crippen LogP contribution in [0.5, 0.6) is 34.5 Å². The first-order chi connectivity index (χ1) is 38.5. The molecule has 5 aromatic rings. The fourth-order valence-corrected chi connectivity index (χ4v) is 10.2. The molecule has 1 aromatic heterocycles. The maximum Gasteiger partial charge on any atom is 0.330 e. The van der Waals surface area contributed by atoms with Crippen molar-refractivity contribution in [1.82, 2.24) is 4.57 Å². The van der Waals surface area contributed by atoms with Crippen molar-refractivity contribution in [2.24, 2.45) is 40.9 Å². The van der Waals surface area contributed by atoms with Gasteiger partial charge in [0.2, 0.25) is 4.80 Å². The van der Waals surface area contributed by atoms with E-state index in [0.717, 1.165) is 73.7 Å². The highest BCUT2D eigenvalue weighted by molar-refractivity contribution is 7.16. The van der Waals surface area contributed by atoms with Gasteiger partial charge in [-0.25, -0.2) is 9.59 Å². The molecule has 0 radical (unpaired) electrons. The number of para-hydroxylation sites is 1. The molecule has 418 valence electrons. The number of aryl methyl sites for hydroxylation is 1. The van der Waals surface area contributed by atoms with E-state index in [4.69, 9.17) is 37.9 Å². The Kier molecular flexibility index (Phi) is 23.0. The number of nitrogens with zero attached hydrogens (tertiary/aromatic N) is 3. The summed E-state index contributed by atoms with van der Waals surface area (Å²) in [5.74, 6) is -1.52. The molecular weight excluding hydrogens is 1030 g/mol. The van der Waals surface area contributed by atoms with Gasteiger partial charge in [0.15, 0.2) is 0 Å². The van der Waals surface area contributed by atoms with E-state index in [9.17, 15) is 28.8 Å². The van der Waals surface area contributed by atoms with Crippen molar-refractivity contribution in [2.75, 3.05) is 26.4 Å². The van der Waals surface area contributed by atoms with E-state index in [-0.39, 0.29) is 35.3 Å². The average molecular weight is 1100 g/mol. The normalized spacial score (nSPS) is 17.3. The third kappa shape index (κ3) is 18.7. The maximum atomic E-state index is 13.7. The van der Waals surface area contributed by atoms with Gasteiger partial charge >= 0.3 is 35.8 Å². The maximum absolute atomic E-state index is 13.7. The molecule has 2 aliphatic rings. The van der Waals surface area contributed by atoms with Crippen LogP contribution in [0.1, 0.15) is 108 Å². The number of hydrogen-bond acceptors (Lipinski definition) is 17. The second kappa shape index (κ2) is 30.9. The zero-order valence-electron chi connectivity index (χ0n) is 44.7. The standard InChI is InChI=1S/C61H69N3O14S/c1-4-55(65)73-38-14-8-6-12-36-71-47-26-30-49(31-27-47)75-57(67)42-18-20-44(21-19-42)59(69)77-51-34-35-53(46(40-51)41-62-63-61-64(3)52-16-10-11-17-54(52)79-61)78-60(70)45-24-22-43(23-25-45)58(68)76-50-32-28-48(29-33-50)72-37-13-7-9-15-39-74-56(66)5-2/h4-5,10-11,16-17,26-35,40-45H,1-2,6-9,12-15,18-25,36-39H2,3H3/b62-41+,63-61+. The van der Waals surface area contributed by atoms with Crippen LogP contribution < -0.4 is 33.2 Å². The highest BCUT2D eigenvalue weighted by Crippen LogP contribution is 2.35. The first kappa shape index (κ1) is 58.8. The fraction of sp³-hybridized carbons (Fsp3) is 0.410. The summed E-state index contributed by atoms with van der Waals surface area (Å²) in [6.45, 7) is 8.57. The molecule has 18 heteroatoms. The van der Waals surface area contributed by atoms with Crippen LogP contribution in [-0.2, 0) is 45.3 Å². The van der Waals surface area contributed by atoms with E-state index in [1.54, 1.807) is 66.7 Å². The first-order valence-electron chi connectivity index (χ1n) is 27.1. The minimum Gasteiger partial charge on any atom is -0.494 e. The van der Waals surface area contributed by atoms with Crippen molar-refractivity contribution in [1.29, 1.82) is 0 Å². The molecule has 4 aromatic carbocycles. The smallest absolute Gasteiger partial charge is 0.330 e. The lowest BCUT2D eigenvalue weighted by molar-refractivity contribution is -0.145. The lowest BCUT2D eigenvalue weighted by Crippen LogP contribution is -2.30. The Morgan fingerprint density at radius 1 is 0.519 bits per heavy atom. The van der Waals surface area contributed by atoms with Crippen molar-refractivity contribution in [3.8, 4) is 34.5 Å². The van der Waals surface area contributed by atoms with Gasteiger partial charge in [-0.2, -0.15) is 5.10 Å². The van der Waals surface area contributed by atoms with Crippen molar-refractivity contribution in [3.05, 3.63) is 127 Å². The van der Waals surface area contributed by atoms with Gasteiger partial charge in [0.1, 0.15) is 34.5 Å². The highest BCUT2D eigenvalue weighted by atomic mass is 32.1. The van der Waals surface area contributed by atoms with Crippen molar-refractivity contribution in [3.63, 3.8) is 0 Å². The number of thiazole rings is 1. The third-order valence-corrected chi connectivity index (χ3v) is 14.9. The van der Waals surface area contributed by atoms with Crippen LogP contribution in [0.15, 0.2) is 127 Å². The van der Waals surface area contributed by atoms with Crippen molar-refractivity contribution >= 4 is 63.6 Å². The van der Waals surface area contributed by atoms with Gasteiger partial charge in [0.05, 0.1) is 66.5 Å². The van der Waals surface area contributed by atoms with Gasteiger partial charge in [0, 0.05) is 24.8 Å². The second-order valence-corrected chi connectivity index (χ2v) is 20.5. The molecule has 0 saturated heterocycles. The van der Waals surface area contributed by atoms with Crippen molar-refractivity contribution < 1.29 is 66.7 Å². The number of unbranched alkanes of at least 4 members (excludes halogenated alkanes) is 6. The lowest BCUT2D eigenvalue weighted by atomic mass is 9.82. The van der Waals surface area contributed by atoms with Gasteiger partial charge in [-0.3, -0.25) is 19.2 Å². The lowest BCUT2D eigenvalue weighted by Gasteiger charge is -2.26. The Bertz CT molecular complexity index is 2970. The number of rotatable bonds is 28. The molecule has 0 unspecified atom stereocenters. The molecule has 79 heavy (non-hydrogen) atoms. The largest absolute Gasteiger partial charge is 0.494 e. The molecule has 0 atom stereocenters. The van der Waals surface area contributed by atoms with Crippen LogP contribution in [0.2, 0.25) is 0 Å². The number of hydrogen-bond donors (Lipinski definition) is 0. The van der Waals surface area contributed by atoms with Gasteiger partial charge < -0.3 is 42.5 Å². The topological polar surface area (TPSA) is 206 Å². The summed E-state index contributed by atoms with van der Waals surface area (Å²) in [6.07, 6.45) is 14.2. The van der Waals surface area contributed by atoms with Crippen molar-refractivity contribution in [2.45, 2.75) is 103 Å². The van der Waals surface area contributed by atoms with E-state index >= 15 is 0 Å². The molecule has 17 nitrogen and oxygen atoms in total. The molecule has 2 aliphatic carbocycles. The molecule has 0 amide bonds. The summed E-state index contributed by atoms with van der Waals surface area (Å²) in [5, 5.41) is 8.84. The Balaban J connectivity index is 0.871. The molecule has 0 N–H and O–H groups in total. The zero-order chi connectivity index (χ0) is 55.8. The van der Waals surface area contributed by atoms with E-state index in [0.29, 0.717) is 111 Å². The van der Waals surface area contributed by atoms with Gasteiger partial charge in [-0.1, -0.05) is 36.6 Å². The van der Waals surface area contributed by atoms with E-state index in [2.05, 4.69) is 23.4 Å². The number of ether oxygens (including phenoxy) is 8. The first-order valence-corrected chi connectivity index (χ1v) is 27.9. The zero-order valence-corrected chi connectivity index (χ0v) is 45.5. The summed E-state index contributed by atoms with van der Waals surface area (Å²) in [4.78, 5) is 76.6. The van der Waals surface area contributed by atoms with E-state index in [1.165, 1.54) is 17.6 Å². The quantitative estimate of drug-likeness (QED) is 0.0114. The molecule has 0 aliphatic heterocycles. The Morgan fingerprint density at radius 3 is 1.38 bits per heavy atom. The van der Waals surface area contributed by atoms with Gasteiger partial charge in [-0.15, -0.1) is 5.10 Å². The number of carbonyl (C=O) groups excluding carboxylic acids is 6. The number of aromatic nitrogens is 1. The predicted molar refractivity (Wildman–Crippen MR) is 297 cm³/mol. The number of carbonyl (C=O) groups is 6. The minimum atomic E-state index is -0.464. The summed E-state index contributed by atoms with van der Waals surface area (Å²) in [7, 11) is 1.90.